The molecule has 0 aromatic heterocycles. The van der Waals surface area contributed by atoms with Gasteiger partial charge in [0.2, 0.25) is 0 Å². The van der Waals surface area contributed by atoms with Gasteiger partial charge in [-0.1, -0.05) is 33.6 Å². The summed E-state index contributed by atoms with van der Waals surface area (Å²) in [7, 11) is 1.31. The van der Waals surface area contributed by atoms with Crippen molar-refractivity contribution in [2.75, 3.05) is 13.7 Å². The number of methoxy groups -OCH3 is 1. The van der Waals surface area contributed by atoms with Gasteiger partial charge in [0.15, 0.2) is 0 Å². The topological polar surface area (TPSA) is 9.23 Å². The van der Waals surface area contributed by atoms with E-state index < -0.39 is 12.5 Å². The Morgan fingerprint density at radius 2 is 1.62 bits per heavy atom. The van der Waals surface area contributed by atoms with E-state index in [-0.39, 0.29) is 11.8 Å². The van der Waals surface area contributed by atoms with Crippen molar-refractivity contribution >= 4 is 0 Å². The first-order chi connectivity index (χ1) is 5.89. The van der Waals surface area contributed by atoms with Crippen molar-refractivity contribution < 1.29 is 13.5 Å². The lowest BCUT2D eigenvalue weighted by Crippen LogP contribution is -2.31. The molecule has 0 aliphatic heterocycles. The van der Waals surface area contributed by atoms with Gasteiger partial charge in [-0.15, -0.1) is 0 Å². The van der Waals surface area contributed by atoms with Crippen LogP contribution in [0.1, 0.15) is 40.0 Å². The van der Waals surface area contributed by atoms with E-state index in [1.165, 1.54) is 7.11 Å². The fourth-order valence-corrected chi connectivity index (χ4v) is 1.39. The second kappa shape index (κ2) is 4.89. The van der Waals surface area contributed by atoms with E-state index in [2.05, 4.69) is 4.74 Å². The third-order valence-electron chi connectivity index (χ3n) is 2.75. The molecule has 0 fully saturated rings. The largest absolute Gasteiger partial charge is 0.378 e. The highest BCUT2D eigenvalue weighted by molar-refractivity contribution is 4.79. The molecule has 0 saturated carbocycles. The molecule has 0 N–H and O–H groups in total. The number of hydrogen-bond donors (Lipinski definition) is 0. The molecule has 0 saturated heterocycles. The van der Waals surface area contributed by atoms with E-state index in [0.717, 1.165) is 12.8 Å². The fraction of sp³-hybridized carbons (Fsp3) is 1.00. The Morgan fingerprint density at radius 1 is 1.15 bits per heavy atom. The van der Waals surface area contributed by atoms with Crippen LogP contribution in [0.2, 0.25) is 0 Å². The predicted octanol–water partition coefficient (Wildman–Crippen LogP) is 3.48. The van der Waals surface area contributed by atoms with Gasteiger partial charge in [0.05, 0.1) is 0 Å². The number of hydrogen-bond acceptors (Lipinski definition) is 1. The van der Waals surface area contributed by atoms with E-state index in [1.54, 1.807) is 0 Å². The summed E-state index contributed by atoms with van der Waals surface area (Å²) in [6.45, 7) is 5.33. The molecule has 0 amide bonds. The summed E-state index contributed by atoms with van der Waals surface area (Å²) in [4.78, 5) is 0. The van der Waals surface area contributed by atoms with Crippen molar-refractivity contribution in [1.29, 1.82) is 0 Å². The molecule has 0 radical (unpaired) electrons. The smallest absolute Gasteiger partial charge is 0.271 e. The number of alkyl halides is 2. The second-order valence-corrected chi connectivity index (χ2v) is 3.98. The molecular weight excluding hydrogens is 174 g/mol. The Balaban J connectivity index is 4.21. The average Bonchev–Trinajstić information content (AvgIpc) is 2.03. The van der Waals surface area contributed by atoms with Crippen LogP contribution in [0.25, 0.3) is 0 Å². The van der Waals surface area contributed by atoms with Gasteiger partial charge in [0.25, 0.3) is 5.92 Å². The van der Waals surface area contributed by atoms with E-state index in [9.17, 15) is 8.78 Å². The van der Waals surface area contributed by atoms with Crippen molar-refractivity contribution in [2.24, 2.45) is 5.41 Å². The lowest BCUT2D eigenvalue weighted by atomic mass is 9.79. The SMILES string of the molecule is CCC(C)(CC)CC(F)(F)COC. The van der Waals surface area contributed by atoms with Crippen LogP contribution in [-0.2, 0) is 4.74 Å². The number of rotatable bonds is 6. The van der Waals surface area contributed by atoms with Crippen LogP contribution < -0.4 is 0 Å². The summed E-state index contributed by atoms with van der Waals surface area (Å²) in [6.07, 6.45) is 1.48. The minimum Gasteiger partial charge on any atom is -0.378 e. The van der Waals surface area contributed by atoms with Crippen molar-refractivity contribution in [3.8, 4) is 0 Å². The zero-order valence-corrected chi connectivity index (χ0v) is 8.99. The summed E-state index contributed by atoms with van der Waals surface area (Å²) in [5, 5.41) is 0. The standard InChI is InChI=1S/C10H20F2O/c1-5-9(3,6-2)7-10(11,12)8-13-4/h5-8H2,1-4H3. The monoisotopic (exact) mass is 194 g/mol. The maximum absolute atomic E-state index is 13.2. The third-order valence-corrected chi connectivity index (χ3v) is 2.75. The molecule has 0 spiro atoms. The quantitative estimate of drug-likeness (QED) is 0.629. The molecule has 1 nitrogen and oxygen atoms in total. The van der Waals surface area contributed by atoms with Crippen LogP contribution in [0.15, 0.2) is 0 Å². The van der Waals surface area contributed by atoms with Crippen LogP contribution in [0.3, 0.4) is 0 Å². The first-order valence-corrected chi connectivity index (χ1v) is 4.76. The molecule has 13 heavy (non-hydrogen) atoms. The Labute approximate surface area is 79.5 Å². The zero-order valence-electron chi connectivity index (χ0n) is 8.99. The number of halogens is 2. The van der Waals surface area contributed by atoms with Crippen molar-refractivity contribution in [3.63, 3.8) is 0 Å². The Hall–Kier alpha value is -0.180. The van der Waals surface area contributed by atoms with Crippen LogP contribution in [0, 0.1) is 5.41 Å². The second-order valence-electron chi connectivity index (χ2n) is 3.98. The lowest BCUT2D eigenvalue weighted by molar-refractivity contribution is -0.0946. The summed E-state index contributed by atoms with van der Waals surface area (Å²) < 4.78 is 30.8. The molecule has 0 bridgehead atoms. The summed E-state index contributed by atoms with van der Waals surface area (Å²) in [5.74, 6) is -2.68. The molecule has 80 valence electrons. The molecule has 3 heteroatoms. The van der Waals surface area contributed by atoms with Crippen molar-refractivity contribution in [3.05, 3.63) is 0 Å². The van der Waals surface area contributed by atoms with Gasteiger partial charge >= 0.3 is 0 Å². The first kappa shape index (κ1) is 12.8. The molecule has 0 aliphatic rings. The van der Waals surface area contributed by atoms with Gasteiger partial charge in [-0.25, -0.2) is 8.78 Å². The normalized spacial score (nSPS) is 13.4. The molecule has 0 aliphatic carbocycles. The minimum absolute atomic E-state index is 0.0825. The molecular formula is C10H20F2O. The third kappa shape index (κ3) is 4.55. The highest BCUT2D eigenvalue weighted by Gasteiger charge is 2.37. The fourth-order valence-electron chi connectivity index (χ4n) is 1.39. The van der Waals surface area contributed by atoms with E-state index >= 15 is 0 Å². The molecule has 0 unspecified atom stereocenters. The maximum atomic E-state index is 13.2. The van der Waals surface area contributed by atoms with Gasteiger partial charge in [0, 0.05) is 13.5 Å². The predicted molar refractivity (Wildman–Crippen MR) is 50.1 cm³/mol. The molecule has 0 aromatic carbocycles. The highest BCUT2D eigenvalue weighted by atomic mass is 19.3. The van der Waals surface area contributed by atoms with Gasteiger partial charge in [-0.3, -0.25) is 0 Å². The Morgan fingerprint density at radius 3 is 1.92 bits per heavy atom. The van der Waals surface area contributed by atoms with Gasteiger partial charge in [0.1, 0.15) is 6.61 Å². The average molecular weight is 194 g/mol. The van der Waals surface area contributed by atoms with Gasteiger partial charge in [-0.2, -0.15) is 0 Å². The van der Waals surface area contributed by atoms with Crippen molar-refractivity contribution in [1.82, 2.24) is 0 Å². The minimum atomic E-state index is -2.68. The van der Waals surface area contributed by atoms with Gasteiger partial charge < -0.3 is 4.74 Å². The van der Waals surface area contributed by atoms with E-state index in [1.807, 2.05) is 20.8 Å². The summed E-state index contributed by atoms with van der Waals surface area (Å²) in [6, 6.07) is 0. The molecule has 0 rings (SSSR count). The maximum Gasteiger partial charge on any atom is 0.271 e. The van der Waals surface area contributed by atoms with Crippen LogP contribution in [0.4, 0.5) is 8.78 Å². The van der Waals surface area contributed by atoms with E-state index in [0.29, 0.717) is 0 Å². The summed E-state index contributed by atoms with van der Waals surface area (Å²) in [5.41, 5.74) is -0.262. The van der Waals surface area contributed by atoms with Crippen LogP contribution in [-0.4, -0.2) is 19.6 Å². The lowest BCUT2D eigenvalue weighted by Gasteiger charge is -2.30. The molecule has 0 heterocycles. The molecule has 0 aromatic rings. The first-order valence-electron chi connectivity index (χ1n) is 4.76. The van der Waals surface area contributed by atoms with Crippen LogP contribution >= 0.6 is 0 Å². The zero-order chi connectivity index (χ0) is 10.5. The number of ether oxygens (including phenoxy) is 1. The Kier molecular flexibility index (Phi) is 4.82. The van der Waals surface area contributed by atoms with Crippen LogP contribution in [0.5, 0.6) is 0 Å². The summed E-state index contributed by atoms with van der Waals surface area (Å²) >= 11 is 0. The molecule has 0 atom stereocenters. The van der Waals surface area contributed by atoms with Crippen molar-refractivity contribution in [2.45, 2.75) is 46.0 Å². The van der Waals surface area contributed by atoms with Gasteiger partial charge in [-0.05, 0) is 5.41 Å². The highest BCUT2D eigenvalue weighted by Crippen LogP contribution is 2.37. The van der Waals surface area contributed by atoms with E-state index in [4.69, 9.17) is 0 Å². The Bertz CT molecular complexity index is 142.